The van der Waals surface area contributed by atoms with Crippen molar-refractivity contribution < 1.29 is 18.3 Å². The second kappa shape index (κ2) is 6.17. The van der Waals surface area contributed by atoms with Gasteiger partial charge in [-0.2, -0.15) is 0 Å². The molecule has 1 aliphatic carbocycles. The molecule has 3 N–H and O–H groups in total. The lowest BCUT2D eigenvalue weighted by molar-refractivity contribution is 0.0955. The van der Waals surface area contributed by atoms with Crippen LogP contribution >= 0.6 is 0 Å². The highest BCUT2D eigenvalue weighted by Gasteiger charge is 2.31. The van der Waals surface area contributed by atoms with Crippen molar-refractivity contribution >= 4 is 15.9 Å². The monoisotopic (exact) mass is 315 g/mol. The van der Waals surface area contributed by atoms with Gasteiger partial charge in [-0.05, 0) is 24.8 Å². The van der Waals surface area contributed by atoms with Crippen molar-refractivity contribution in [3.63, 3.8) is 0 Å². The molecule has 0 spiro atoms. The first-order valence-electron chi connectivity index (χ1n) is 6.90. The van der Waals surface area contributed by atoms with Crippen molar-refractivity contribution in [2.75, 3.05) is 13.7 Å². The summed E-state index contributed by atoms with van der Waals surface area (Å²) in [6.45, 7) is -0.0224. The van der Waals surface area contributed by atoms with Gasteiger partial charge in [0.1, 0.15) is 10.6 Å². The lowest BCUT2D eigenvalue weighted by atomic mass is 10.1. The van der Waals surface area contributed by atoms with E-state index in [1.807, 2.05) is 0 Å². The Hall–Kier alpha value is -1.38. The molecule has 1 heterocycles. The second-order valence-electron chi connectivity index (χ2n) is 5.35. The van der Waals surface area contributed by atoms with E-state index in [-0.39, 0.29) is 35.1 Å². The fourth-order valence-electron chi connectivity index (χ4n) is 2.71. The highest BCUT2D eigenvalue weighted by Crippen LogP contribution is 2.26. The van der Waals surface area contributed by atoms with Crippen molar-refractivity contribution in [1.82, 2.24) is 14.6 Å². The Bertz CT molecular complexity index is 623. The first kappa shape index (κ1) is 16.0. The lowest BCUT2D eigenvalue weighted by Gasteiger charge is -2.18. The summed E-state index contributed by atoms with van der Waals surface area (Å²) in [5, 5.41) is 11.7. The molecule has 2 unspecified atom stereocenters. The van der Waals surface area contributed by atoms with Crippen molar-refractivity contribution in [3.8, 4) is 0 Å². The van der Waals surface area contributed by atoms with Crippen LogP contribution in [0.1, 0.15) is 29.8 Å². The molecule has 0 aliphatic heterocycles. The Balaban J connectivity index is 2.22. The number of aromatic nitrogens is 1. The number of aliphatic hydroxyl groups excluding tert-OH is 1. The molecule has 1 saturated carbocycles. The average Bonchev–Trinajstić information content (AvgIpc) is 3.04. The summed E-state index contributed by atoms with van der Waals surface area (Å²) in [6.07, 6.45) is 3.86. The van der Waals surface area contributed by atoms with Gasteiger partial charge in [0.2, 0.25) is 10.0 Å². The summed E-state index contributed by atoms with van der Waals surface area (Å²) in [5.41, 5.74) is 0.281. The number of rotatable bonds is 5. The molecule has 118 valence electrons. The summed E-state index contributed by atoms with van der Waals surface area (Å²) in [7, 11) is -0.579. The summed E-state index contributed by atoms with van der Waals surface area (Å²) in [6, 6.07) is 1.10. The molecule has 21 heavy (non-hydrogen) atoms. The quantitative estimate of drug-likeness (QED) is 0.702. The second-order valence-corrected chi connectivity index (χ2v) is 7.07. The first-order valence-corrected chi connectivity index (χ1v) is 8.39. The molecule has 0 bridgehead atoms. The molecule has 2 rings (SSSR count). The Morgan fingerprint density at radius 3 is 2.81 bits per heavy atom. The molecule has 0 aromatic carbocycles. The standard InChI is InChI=1S/C13H21N3O4S/c1-14-13(18)12-6-10(7-16(12)2)21(19,20)15-11-5-3-4-9(11)8-17/h6-7,9,11,15,17H,3-5,8H2,1-2H3,(H,14,18). The number of sulfonamides is 1. The van der Waals surface area contributed by atoms with Gasteiger partial charge >= 0.3 is 0 Å². The van der Waals surface area contributed by atoms with Gasteiger partial charge in [0.25, 0.3) is 5.91 Å². The Morgan fingerprint density at radius 2 is 2.19 bits per heavy atom. The van der Waals surface area contributed by atoms with Crippen molar-refractivity contribution in [2.24, 2.45) is 13.0 Å². The molecular formula is C13H21N3O4S. The summed E-state index contributed by atoms with van der Waals surface area (Å²) < 4.78 is 28.9. The molecule has 1 fully saturated rings. The maximum atomic E-state index is 12.4. The van der Waals surface area contributed by atoms with Crippen LogP contribution in [0.25, 0.3) is 0 Å². The van der Waals surface area contributed by atoms with Gasteiger partial charge in [-0.3, -0.25) is 4.79 Å². The van der Waals surface area contributed by atoms with Gasteiger partial charge < -0.3 is 15.0 Å². The van der Waals surface area contributed by atoms with Crippen molar-refractivity contribution in [2.45, 2.75) is 30.2 Å². The third-order valence-corrected chi connectivity index (χ3v) is 5.41. The van der Waals surface area contributed by atoms with Crippen molar-refractivity contribution in [1.29, 1.82) is 0 Å². The number of carbonyl (C=O) groups excluding carboxylic acids is 1. The summed E-state index contributed by atoms with van der Waals surface area (Å²) >= 11 is 0. The zero-order valence-electron chi connectivity index (χ0n) is 12.2. The zero-order valence-corrected chi connectivity index (χ0v) is 13.0. The number of aryl methyl sites for hydroxylation is 1. The molecule has 1 aromatic heterocycles. The van der Waals surface area contributed by atoms with Gasteiger partial charge in [-0.25, -0.2) is 13.1 Å². The van der Waals surface area contributed by atoms with E-state index in [4.69, 9.17) is 0 Å². The van der Waals surface area contributed by atoms with Crippen LogP contribution in [-0.2, 0) is 17.1 Å². The normalized spacial score (nSPS) is 22.4. The molecule has 0 radical (unpaired) electrons. The molecule has 1 aromatic rings. The molecule has 8 heteroatoms. The highest BCUT2D eigenvalue weighted by molar-refractivity contribution is 7.89. The van der Waals surface area contributed by atoms with Crippen LogP contribution in [-0.4, -0.2) is 43.7 Å². The largest absolute Gasteiger partial charge is 0.396 e. The van der Waals surface area contributed by atoms with Gasteiger partial charge in [0.05, 0.1) is 0 Å². The molecule has 2 atom stereocenters. The number of hydrogen-bond acceptors (Lipinski definition) is 4. The van der Waals surface area contributed by atoms with Crippen LogP contribution < -0.4 is 10.0 Å². The predicted octanol–water partition coefficient (Wildman–Crippen LogP) is -0.176. The van der Waals surface area contributed by atoms with Gasteiger partial charge in [0.15, 0.2) is 0 Å². The van der Waals surface area contributed by atoms with Crippen LogP contribution in [0, 0.1) is 5.92 Å². The summed E-state index contributed by atoms with van der Waals surface area (Å²) in [5.74, 6) is -0.380. The third-order valence-electron chi connectivity index (χ3n) is 3.95. The fourth-order valence-corrected chi connectivity index (χ4v) is 4.12. The van der Waals surface area contributed by atoms with Crippen LogP contribution in [0.4, 0.5) is 0 Å². The zero-order chi connectivity index (χ0) is 15.6. The van der Waals surface area contributed by atoms with E-state index in [9.17, 15) is 18.3 Å². The average molecular weight is 315 g/mol. The lowest BCUT2D eigenvalue weighted by Crippen LogP contribution is -2.38. The maximum absolute atomic E-state index is 12.4. The number of amides is 1. The Labute approximate surface area is 124 Å². The Kier molecular flexibility index (Phi) is 4.70. The Morgan fingerprint density at radius 1 is 1.48 bits per heavy atom. The smallest absolute Gasteiger partial charge is 0.267 e. The van der Waals surface area contributed by atoms with E-state index < -0.39 is 10.0 Å². The maximum Gasteiger partial charge on any atom is 0.267 e. The van der Waals surface area contributed by atoms with Crippen LogP contribution in [0.3, 0.4) is 0 Å². The van der Waals surface area contributed by atoms with E-state index in [1.54, 1.807) is 7.05 Å². The van der Waals surface area contributed by atoms with Gasteiger partial charge in [0, 0.05) is 32.9 Å². The van der Waals surface area contributed by atoms with Crippen LogP contribution in [0.5, 0.6) is 0 Å². The SMILES string of the molecule is CNC(=O)c1cc(S(=O)(=O)NC2CCCC2CO)cn1C. The van der Waals surface area contributed by atoms with E-state index in [0.717, 1.165) is 19.3 Å². The van der Waals surface area contributed by atoms with Crippen LogP contribution in [0.2, 0.25) is 0 Å². The third kappa shape index (κ3) is 3.28. The van der Waals surface area contributed by atoms with E-state index in [0.29, 0.717) is 0 Å². The number of carbonyl (C=O) groups is 1. The van der Waals surface area contributed by atoms with E-state index in [2.05, 4.69) is 10.0 Å². The molecule has 0 saturated heterocycles. The van der Waals surface area contributed by atoms with Gasteiger partial charge in [-0.15, -0.1) is 0 Å². The molecule has 7 nitrogen and oxygen atoms in total. The number of aliphatic hydroxyl groups is 1. The van der Waals surface area contributed by atoms with Crippen LogP contribution in [0.15, 0.2) is 17.2 Å². The predicted molar refractivity (Wildman–Crippen MR) is 77.3 cm³/mol. The molecule has 1 aliphatic rings. The molecular weight excluding hydrogens is 294 g/mol. The number of nitrogens with one attached hydrogen (secondary N) is 2. The summed E-state index contributed by atoms with van der Waals surface area (Å²) in [4.78, 5) is 11.7. The molecule has 1 amide bonds. The van der Waals surface area contributed by atoms with Gasteiger partial charge in [-0.1, -0.05) is 6.42 Å². The minimum atomic E-state index is -3.69. The van der Waals surface area contributed by atoms with Crippen molar-refractivity contribution in [3.05, 3.63) is 18.0 Å². The highest BCUT2D eigenvalue weighted by atomic mass is 32.2. The minimum Gasteiger partial charge on any atom is -0.396 e. The number of hydrogen-bond donors (Lipinski definition) is 3. The topological polar surface area (TPSA) is 100 Å². The fraction of sp³-hybridized carbons (Fsp3) is 0.615. The first-order chi connectivity index (χ1) is 9.89. The minimum absolute atomic E-state index is 0.0224. The van der Waals surface area contributed by atoms with E-state index in [1.165, 1.54) is 23.9 Å². The number of nitrogens with zero attached hydrogens (tertiary/aromatic N) is 1. The van der Waals surface area contributed by atoms with E-state index >= 15 is 0 Å².